The van der Waals surface area contributed by atoms with Gasteiger partial charge in [0.2, 0.25) is 23.6 Å². The van der Waals surface area contributed by atoms with E-state index in [4.69, 9.17) is 16.0 Å². The van der Waals surface area contributed by atoms with Gasteiger partial charge in [0.25, 0.3) is 26.1 Å². The van der Waals surface area contributed by atoms with E-state index in [0.717, 1.165) is 0 Å². The number of hydrogen-bond acceptors (Lipinski definition) is 10. The quantitative estimate of drug-likeness (QED) is 0.0479. The van der Waals surface area contributed by atoms with E-state index < -0.39 is 73.5 Å². The van der Waals surface area contributed by atoms with Gasteiger partial charge in [-0.3, -0.25) is 33.1 Å². The molecule has 0 aromatic heterocycles. The van der Waals surface area contributed by atoms with Gasteiger partial charge in [-0.05, 0) is 49.9 Å². The molecule has 0 spiro atoms. The molecule has 0 fully saturated rings. The fourth-order valence-electron chi connectivity index (χ4n) is 3.52. The van der Waals surface area contributed by atoms with Crippen molar-refractivity contribution in [2.45, 2.75) is 57.2 Å². The Hall–Kier alpha value is -3.81. The average molecular weight is 637 g/mol. The Balaban J connectivity index is 2.86. The van der Waals surface area contributed by atoms with Crippen LogP contribution in [0.5, 0.6) is 0 Å². The van der Waals surface area contributed by atoms with E-state index in [1.54, 1.807) is 19.1 Å². The van der Waals surface area contributed by atoms with Crippen LogP contribution in [0, 0.1) is 0 Å². The van der Waals surface area contributed by atoms with Gasteiger partial charge in [-0.1, -0.05) is 6.92 Å². The van der Waals surface area contributed by atoms with Crippen LogP contribution < -0.4 is 32.7 Å². The Morgan fingerprint density at radius 3 is 1.79 bits per heavy atom. The Morgan fingerprint density at radius 1 is 0.810 bits per heavy atom. The third kappa shape index (κ3) is 14.7. The fourth-order valence-corrected chi connectivity index (χ4v) is 4.83. The Kier molecular flexibility index (Phi) is 14.3. The van der Waals surface area contributed by atoms with Crippen LogP contribution >= 0.6 is 0 Å². The van der Waals surface area contributed by atoms with Crippen LogP contribution in [0.2, 0.25) is 0 Å². The number of carbonyl (C=O) groups excluding carboxylic acids is 5. The lowest BCUT2D eigenvalue weighted by Gasteiger charge is -2.23. The molecule has 236 valence electrons. The van der Waals surface area contributed by atoms with Crippen molar-refractivity contribution >= 4 is 55.5 Å². The number of primary amides is 1. The zero-order valence-electron chi connectivity index (χ0n) is 22.7. The highest BCUT2D eigenvalue weighted by atomic mass is 32.2. The number of nitrogens with one attached hydrogen (secondary N) is 4. The molecule has 0 aliphatic heterocycles. The van der Waals surface area contributed by atoms with Crippen molar-refractivity contribution in [2.24, 2.45) is 5.73 Å². The van der Waals surface area contributed by atoms with Gasteiger partial charge >= 0.3 is 0 Å². The molecule has 1 aromatic rings. The molecule has 10 N–H and O–H groups in total. The van der Waals surface area contributed by atoms with E-state index in [9.17, 15) is 45.4 Å². The molecule has 0 radical (unpaired) electrons. The topological polar surface area (TPSA) is 294 Å². The lowest BCUT2D eigenvalue weighted by molar-refractivity contribution is -0.132. The maximum absolute atomic E-state index is 12.8. The van der Waals surface area contributed by atoms with E-state index in [-0.39, 0.29) is 31.7 Å². The minimum atomic E-state index is -4.91. The van der Waals surface area contributed by atoms with Gasteiger partial charge < -0.3 is 32.7 Å². The third-order valence-electron chi connectivity index (χ3n) is 5.55. The van der Waals surface area contributed by atoms with Crippen molar-refractivity contribution in [3.05, 3.63) is 29.8 Å². The maximum atomic E-state index is 12.8. The molecule has 5 amide bonds. The first kappa shape index (κ1) is 36.2. The van der Waals surface area contributed by atoms with Crippen molar-refractivity contribution in [3.8, 4) is 0 Å². The van der Waals surface area contributed by atoms with Crippen LogP contribution in [0.25, 0.3) is 0 Å². The van der Waals surface area contributed by atoms with E-state index in [1.807, 2.05) is 5.32 Å². The van der Waals surface area contributed by atoms with Crippen LogP contribution in [0.3, 0.4) is 0 Å². The van der Waals surface area contributed by atoms with Gasteiger partial charge in [0, 0.05) is 24.2 Å². The van der Waals surface area contributed by atoms with Crippen molar-refractivity contribution in [3.63, 3.8) is 0 Å². The molecule has 19 heteroatoms. The minimum Gasteiger partial charge on any atom is -0.399 e. The summed E-state index contributed by atoms with van der Waals surface area (Å²) in [6, 6.07) is 0.855. The zero-order chi connectivity index (χ0) is 32.1. The summed E-state index contributed by atoms with van der Waals surface area (Å²) in [5.74, 6) is -7.46. The molecule has 42 heavy (non-hydrogen) atoms. The summed E-state index contributed by atoms with van der Waals surface area (Å²) in [7, 11) is -9.74. The van der Waals surface area contributed by atoms with Crippen LogP contribution in [0.15, 0.2) is 24.3 Å². The lowest BCUT2D eigenvalue weighted by Crippen LogP contribution is -2.59. The summed E-state index contributed by atoms with van der Waals surface area (Å²) in [6.45, 7) is 1.82. The van der Waals surface area contributed by atoms with E-state index in [0.29, 0.717) is 24.1 Å². The zero-order valence-corrected chi connectivity index (χ0v) is 24.4. The molecule has 0 aliphatic rings. The molecule has 17 nitrogen and oxygen atoms in total. The highest BCUT2D eigenvalue weighted by Gasteiger charge is 2.33. The van der Waals surface area contributed by atoms with Gasteiger partial charge in [-0.25, -0.2) is 0 Å². The first-order valence-corrected chi connectivity index (χ1v) is 15.9. The predicted molar refractivity (Wildman–Crippen MR) is 150 cm³/mol. The predicted octanol–water partition coefficient (Wildman–Crippen LogP) is -2.32. The van der Waals surface area contributed by atoms with Crippen LogP contribution in [-0.4, -0.2) is 91.7 Å². The third-order valence-corrected chi connectivity index (χ3v) is 7.06. The average Bonchev–Trinajstić information content (AvgIpc) is 2.85. The molecule has 3 atom stereocenters. The van der Waals surface area contributed by atoms with Gasteiger partial charge in [-0.15, -0.1) is 0 Å². The number of rotatable bonds is 18. The molecular formula is C23H36N6O11S2. The molecule has 0 bridgehead atoms. The SMILES string of the molecule is CCCC(=O)NC(CS(=O)(=O)O)C(=O)NC(CS(=O)(=O)O)C(=O)NC(CCCCNC(=O)c1ccc(N)cc1)C(N)=O. The number of nitrogen functional groups attached to an aromatic ring is 1. The first-order chi connectivity index (χ1) is 19.4. The minimum absolute atomic E-state index is 0.0518. The molecule has 1 aromatic carbocycles. The standard InChI is InChI=1S/C23H36N6O11S2/c1-2-5-19(30)27-17(12-41(35,36)37)22(33)29-18(13-42(38,39)40)23(34)28-16(20(25)31)6-3-4-11-26-21(32)14-7-9-15(24)10-8-14/h7-10,16-18H,2-6,11-13,24H2,1H3,(H2,25,31)(H,26,32)(H,27,30)(H,28,34)(H,29,33)(H,35,36,37)(H,38,39,40). The number of hydrogen-bond donors (Lipinski definition) is 8. The summed E-state index contributed by atoms with van der Waals surface area (Å²) in [5.41, 5.74) is 11.8. The van der Waals surface area contributed by atoms with Crippen molar-refractivity contribution < 1.29 is 49.9 Å². The largest absolute Gasteiger partial charge is 0.399 e. The van der Waals surface area contributed by atoms with Gasteiger partial charge in [0.15, 0.2) is 0 Å². The summed E-state index contributed by atoms with van der Waals surface area (Å²) < 4.78 is 64.2. The first-order valence-electron chi connectivity index (χ1n) is 12.6. The number of nitrogens with two attached hydrogens (primary N) is 2. The second kappa shape index (κ2) is 16.6. The summed E-state index contributed by atoms with van der Waals surface area (Å²) in [6.07, 6.45) is 0.758. The van der Waals surface area contributed by atoms with Gasteiger partial charge in [0.1, 0.15) is 29.6 Å². The van der Waals surface area contributed by atoms with Crippen LogP contribution in [0.4, 0.5) is 5.69 Å². The van der Waals surface area contributed by atoms with E-state index in [1.165, 1.54) is 12.1 Å². The van der Waals surface area contributed by atoms with E-state index >= 15 is 0 Å². The lowest BCUT2D eigenvalue weighted by atomic mass is 10.1. The summed E-state index contributed by atoms with van der Waals surface area (Å²) in [4.78, 5) is 61.5. The monoisotopic (exact) mass is 636 g/mol. The van der Waals surface area contributed by atoms with Crippen molar-refractivity contribution in [2.75, 3.05) is 23.8 Å². The molecule has 0 aliphatic carbocycles. The Bertz CT molecular complexity index is 1330. The molecule has 3 unspecified atom stereocenters. The van der Waals surface area contributed by atoms with Crippen LogP contribution in [-0.2, 0) is 39.4 Å². The fraction of sp³-hybridized carbons (Fsp3) is 0.522. The van der Waals surface area contributed by atoms with Crippen LogP contribution in [0.1, 0.15) is 49.4 Å². The van der Waals surface area contributed by atoms with Gasteiger partial charge in [0.05, 0.1) is 0 Å². The second-order valence-electron chi connectivity index (χ2n) is 9.27. The Labute approximate surface area is 243 Å². The number of benzene rings is 1. The number of amides is 5. The van der Waals surface area contributed by atoms with E-state index in [2.05, 4.69) is 16.0 Å². The molecular weight excluding hydrogens is 600 g/mol. The van der Waals surface area contributed by atoms with Crippen molar-refractivity contribution in [1.82, 2.24) is 21.3 Å². The second-order valence-corrected chi connectivity index (χ2v) is 12.3. The number of unbranched alkanes of at least 4 members (excludes halogenated alkanes) is 1. The summed E-state index contributed by atoms with van der Waals surface area (Å²) in [5, 5.41) is 8.79. The highest BCUT2D eigenvalue weighted by molar-refractivity contribution is 7.86. The highest BCUT2D eigenvalue weighted by Crippen LogP contribution is 2.06. The van der Waals surface area contributed by atoms with Crippen molar-refractivity contribution in [1.29, 1.82) is 0 Å². The smallest absolute Gasteiger partial charge is 0.267 e. The number of anilines is 1. The molecule has 0 heterocycles. The van der Waals surface area contributed by atoms with Gasteiger partial charge in [-0.2, -0.15) is 16.8 Å². The number of carbonyl (C=O) groups is 5. The summed E-state index contributed by atoms with van der Waals surface area (Å²) >= 11 is 0. The molecule has 0 saturated carbocycles. The molecule has 0 saturated heterocycles. The maximum Gasteiger partial charge on any atom is 0.267 e. The normalized spacial score (nSPS) is 13.7. The molecule has 1 rings (SSSR count). The Morgan fingerprint density at radius 2 is 1.31 bits per heavy atom.